The second-order valence-electron chi connectivity index (χ2n) is 7.62. The molecule has 30 heavy (non-hydrogen) atoms. The Morgan fingerprint density at radius 3 is 2.70 bits per heavy atom. The molecule has 4 heterocycles. The summed E-state index contributed by atoms with van der Waals surface area (Å²) in [6, 6.07) is 3.66. The fraction of sp³-hybridized carbons (Fsp3) is 0.600. The second kappa shape index (κ2) is 8.12. The van der Waals surface area contributed by atoms with Crippen LogP contribution in [0.25, 0.3) is 10.9 Å². The minimum absolute atomic E-state index is 0.00599. The van der Waals surface area contributed by atoms with Gasteiger partial charge in [-0.05, 0) is 6.07 Å². The Bertz CT molecular complexity index is 913. The predicted molar refractivity (Wildman–Crippen MR) is 105 cm³/mol. The van der Waals surface area contributed by atoms with Crippen LogP contribution in [0.4, 0.5) is 5.82 Å². The van der Waals surface area contributed by atoms with E-state index in [1.165, 1.54) is 6.33 Å². The Morgan fingerprint density at radius 2 is 1.87 bits per heavy atom. The number of ether oxygens (including phenoxy) is 6. The summed E-state index contributed by atoms with van der Waals surface area (Å²) in [5.41, 5.74) is 0.707. The maximum atomic E-state index is 9.94. The van der Waals surface area contributed by atoms with Gasteiger partial charge >= 0.3 is 0 Å². The lowest BCUT2D eigenvalue weighted by molar-refractivity contribution is 0.00823. The third kappa shape index (κ3) is 3.44. The number of aromatic nitrogens is 2. The normalized spacial score (nSPS) is 33.0. The number of benzene rings is 1. The Hall–Kier alpha value is -2.24. The molecule has 10 nitrogen and oxygen atoms in total. The third-order valence-corrected chi connectivity index (χ3v) is 5.83. The Balaban J connectivity index is 1.42. The van der Waals surface area contributed by atoms with Gasteiger partial charge in [-0.1, -0.05) is 0 Å². The first kappa shape index (κ1) is 19.7. The minimum Gasteiger partial charge on any atom is -0.493 e. The molecule has 3 saturated heterocycles. The van der Waals surface area contributed by atoms with Crippen molar-refractivity contribution >= 4 is 16.7 Å². The molecule has 0 spiro atoms. The molecule has 1 aromatic carbocycles. The van der Waals surface area contributed by atoms with Gasteiger partial charge in [0, 0.05) is 18.6 Å². The first-order chi connectivity index (χ1) is 14.7. The molecular weight excluding hydrogens is 394 g/mol. The average molecular weight is 419 g/mol. The first-order valence-corrected chi connectivity index (χ1v) is 9.95. The lowest BCUT2D eigenvalue weighted by Gasteiger charge is -2.21. The van der Waals surface area contributed by atoms with Gasteiger partial charge in [0.05, 0.1) is 45.1 Å². The summed E-state index contributed by atoms with van der Waals surface area (Å²) in [6.07, 6.45) is -0.172. The van der Waals surface area contributed by atoms with E-state index < -0.39 is 6.10 Å². The summed E-state index contributed by atoms with van der Waals surface area (Å²) >= 11 is 0. The number of hydrogen-bond donors (Lipinski definition) is 2. The van der Waals surface area contributed by atoms with Gasteiger partial charge in [-0.2, -0.15) is 0 Å². The fourth-order valence-corrected chi connectivity index (χ4v) is 4.22. The summed E-state index contributed by atoms with van der Waals surface area (Å²) in [5, 5.41) is 14.1. The largest absolute Gasteiger partial charge is 0.493 e. The van der Waals surface area contributed by atoms with Crippen molar-refractivity contribution in [1.82, 2.24) is 9.97 Å². The zero-order valence-corrected chi connectivity index (χ0v) is 16.8. The topological polar surface area (TPSA) is 113 Å². The Labute approximate surface area is 173 Å². The SMILES string of the molecule is COc1cc2c(N[C@H]3COC[C@@H]3OC)ncnc2cc1O[C@H]1CO[C@H]2[C@@H]1OC[C@@H]2O. The molecule has 162 valence electrons. The molecule has 3 aliphatic rings. The number of fused-ring (bicyclic) bond motifs is 2. The maximum absolute atomic E-state index is 9.94. The quantitative estimate of drug-likeness (QED) is 0.681. The molecule has 3 aliphatic heterocycles. The van der Waals surface area contributed by atoms with Crippen molar-refractivity contribution in [3.8, 4) is 11.5 Å². The van der Waals surface area contributed by atoms with Crippen molar-refractivity contribution in [2.45, 2.75) is 36.6 Å². The fourth-order valence-electron chi connectivity index (χ4n) is 4.22. The molecular formula is C20H25N3O7. The maximum Gasteiger partial charge on any atom is 0.164 e. The van der Waals surface area contributed by atoms with Crippen LogP contribution in [0.15, 0.2) is 18.5 Å². The molecule has 10 heteroatoms. The molecule has 0 aliphatic carbocycles. The van der Waals surface area contributed by atoms with Crippen LogP contribution in [-0.2, 0) is 18.9 Å². The van der Waals surface area contributed by atoms with E-state index in [1.807, 2.05) is 12.1 Å². The lowest BCUT2D eigenvalue weighted by Crippen LogP contribution is -2.34. The molecule has 6 atom stereocenters. The zero-order chi connectivity index (χ0) is 20.7. The van der Waals surface area contributed by atoms with Crippen LogP contribution < -0.4 is 14.8 Å². The van der Waals surface area contributed by atoms with Gasteiger partial charge < -0.3 is 38.8 Å². The van der Waals surface area contributed by atoms with Gasteiger partial charge in [0.1, 0.15) is 36.6 Å². The van der Waals surface area contributed by atoms with Crippen molar-refractivity contribution in [2.24, 2.45) is 0 Å². The Kier molecular flexibility index (Phi) is 5.34. The highest BCUT2D eigenvalue weighted by molar-refractivity contribution is 5.91. The summed E-state index contributed by atoms with van der Waals surface area (Å²) in [7, 11) is 3.25. The summed E-state index contributed by atoms with van der Waals surface area (Å²) < 4.78 is 34.0. The van der Waals surface area contributed by atoms with Gasteiger partial charge in [-0.3, -0.25) is 0 Å². The minimum atomic E-state index is -0.626. The van der Waals surface area contributed by atoms with E-state index in [9.17, 15) is 5.11 Å². The second-order valence-corrected chi connectivity index (χ2v) is 7.62. The average Bonchev–Trinajstić information content (AvgIpc) is 3.47. The highest BCUT2D eigenvalue weighted by Gasteiger charge is 2.48. The Morgan fingerprint density at radius 1 is 1.00 bits per heavy atom. The standard InChI is InChI=1S/C20H25N3O7/c1-25-14-3-10-11(21-9-22-20(10)23-12-5-27-7-16(12)26-2)4-15(14)30-17-8-29-18-13(24)6-28-19(17)18/h3-4,9,12-13,16-19,24H,5-8H2,1-2H3,(H,21,22,23)/t12-,13-,16-,17-,18+,19+/m0/s1. The van der Waals surface area contributed by atoms with Crippen molar-refractivity contribution < 1.29 is 33.5 Å². The van der Waals surface area contributed by atoms with Crippen molar-refractivity contribution in [3.63, 3.8) is 0 Å². The van der Waals surface area contributed by atoms with Crippen LogP contribution in [0.5, 0.6) is 11.5 Å². The van der Waals surface area contributed by atoms with Crippen molar-refractivity contribution in [1.29, 1.82) is 0 Å². The molecule has 1 aromatic heterocycles. The van der Waals surface area contributed by atoms with E-state index in [-0.39, 0.29) is 37.1 Å². The van der Waals surface area contributed by atoms with Gasteiger partial charge in [-0.15, -0.1) is 0 Å². The number of rotatable bonds is 6. The molecule has 5 rings (SSSR count). The van der Waals surface area contributed by atoms with E-state index in [2.05, 4.69) is 15.3 Å². The molecule has 0 amide bonds. The highest BCUT2D eigenvalue weighted by Crippen LogP contribution is 2.37. The summed E-state index contributed by atoms with van der Waals surface area (Å²) in [5.74, 6) is 1.76. The van der Waals surface area contributed by atoms with Gasteiger partial charge in [0.25, 0.3) is 0 Å². The number of aliphatic hydroxyl groups is 1. The monoisotopic (exact) mass is 419 g/mol. The molecule has 2 N–H and O–H groups in total. The third-order valence-electron chi connectivity index (χ3n) is 5.83. The highest BCUT2D eigenvalue weighted by atomic mass is 16.6. The van der Waals surface area contributed by atoms with Crippen LogP contribution >= 0.6 is 0 Å². The molecule has 0 unspecified atom stereocenters. The van der Waals surface area contributed by atoms with Gasteiger partial charge in [-0.25, -0.2) is 9.97 Å². The predicted octanol–water partition coefficient (Wildman–Crippen LogP) is 0.370. The van der Waals surface area contributed by atoms with Gasteiger partial charge in [0.2, 0.25) is 0 Å². The van der Waals surface area contributed by atoms with E-state index in [4.69, 9.17) is 28.4 Å². The van der Waals surface area contributed by atoms with Crippen molar-refractivity contribution in [3.05, 3.63) is 18.5 Å². The number of aliphatic hydroxyl groups excluding tert-OH is 1. The van der Waals surface area contributed by atoms with Crippen molar-refractivity contribution in [2.75, 3.05) is 46.0 Å². The van der Waals surface area contributed by atoms with Crippen LogP contribution in [-0.4, -0.2) is 92.3 Å². The van der Waals surface area contributed by atoms with E-state index >= 15 is 0 Å². The van der Waals surface area contributed by atoms with Crippen LogP contribution in [0, 0.1) is 0 Å². The number of nitrogens with one attached hydrogen (secondary N) is 1. The number of methoxy groups -OCH3 is 2. The van der Waals surface area contributed by atoms with Gasteiger partial charge in [0.15, 0.2) is 17.6 Å². The smallest absolute Gasteiger partial charge is 0.164 e. The van der Waals surface area contributed by atoms with E-state index in [0.717, 1.165) is 5.39 Å². The summed E-state index contributed by atoms with van der Waals surface area (Å²) in [4.78, 5) is 8.79. The molecule has 2 aromatic rings. The molecule has 3 fully saturated rings. The van der Waals surface area contributed by atoms with E-state index in [1.54, 1.807) is 14.2 Å². The number of anilines is 1. The lowest BCUT2D eigenvalue weighted by atomic mass is 10.1. The zero-order valence-electron chi connectivity index (χ0n) is 16.8. The van der Waals surface area contributed by atoms with E-state index in [0.29, 0.717) is 42.7 Å². The number of hydrogen-bond acceptors (Lipinski definition) is 10. The van der Waals surface area contributed by atoms with Crippen LogP contribution in [0.2, 0.25) is 0 Å². The molecule has 0 saturated carbocycles. The number of nitrogens with zero attached hydrogens (tertiary/aromatic N) is 2. The first-order valence-electron chi connectivity index (χ1n) is 9.95. The van der Waals surface area contributed by atoms with Crippen LogP contribution in [0.3, 0.4) is 0 Å². The molecule has 0 bridgehead atoms. The van der Waals surface area contributed by atoms with Crippen LogP contribution in [0.1, 0.15) is 0 Å². The summed E-state index contributed by atoms with van der Waals surface area (Å²) in [6.45, 7) is 1.67. The molecule has 0 radical (unpaired) electrons.